The van der Waals surface area contributed by atoms with E-state index in [4.69, 9.17) is 14.2 Å². The molecule has 0 aliphatic carbocycles. The lowest BCUT2D eigenvalue weighted by atomic mass is 10.0. The summed E-state index contributed by atoms with van der Waals surface area (Å²) in [5, 5.41) is 0. The highest BCUT2D eigenvalue weighted by Gasteiger charge is 2.35. The molecule has 166 valence electrons. The molecule has 1 atom stereocenters. The fourth-order valence-corrected chi connectivity index (χ4v) is 3.15. The van der Waals surface area contributed by atoms with E-state index in [0.717, 1.165) is 11.3 Å². The number of ether oxygens (including phenoxy) is 3. The van der Waals surface area contributed by atoms with Gasteiger partial charge in [-0.05, 0) is 67.3 Å². The molecule has 0 saturated carbocycles. The first-order valence-corrected chi connectivity index (χ1v) is 10.9. The summed E-state index contributed by atoms with van der Waals surface area (Å²) < 4.78 is 16.8. The lowest BCUT2D eigenvalue weighted by Gasteiger charge is -2.27. The van der Waals surface area contributed by atoms with E-state index < -0.39 is 5.60 Å². The fourth-order valence-electron chi connectivity index (χ4n) is 3.15. The number of hydrogen-bond donors (Lipinski definition) is 0. The van der Waals surface area contributed by atoms with Gasteiger partial charge in [0.1, 0.15) is 18.1 Å². The van der Waals surface area contributed by atoms with Crippen molar-refractivity contribution in [1.29, 1.82) is 0 Å². The first-order valence-electron chi connectivity index (χ1n) is 10.9. The van der Waals surface area contributed by atoms with Gasteiger partial charge in [-0.3, -0.25) is 0 Å². The standard InChI is InChI=1S/C28H30O4/c1-4-28(3,27(29)30-5-2)32-26-19-17-25(18-20-26)31-21-9-10-22-13-15-24(16-14-22)23-11-7-6-8-12-23/h6-20H,4-5,21H2,1-3H3/b10-9+/t28-/m1/s1. The van der Waals surface area contributed by atoms with Crippen LogP contribution in [0.4, 0.5) is 0 Å². The van der Waals surface area contributed by atoms with Gasteiger partial charge < -0.3 is 14.2 Å². The fraction of sp³-hybridized carbons (Fsp3) is 0.250. The van der Waals surface area contributed by atoms with Crippen LogP contribution in [0.2, 0.25) is 0 Å². The van der Waals surface area contributed by atoms with Crippen LogP contribution >= 0.6 is 0 Å². The first-order chi connectivity index (χ1) is 15.5. The van der Waals surface area contributed by atoms with E-state index in [1.807, 2.05) is 49.4 Å². The lowest BCUT2D eigenvalue weighted by Crippen LogP contribution is -2.42. The minimum atomic E-state index is -1.00. The Morgan fingerprint density at radius 2 is 1.47 bits per heavy atom. The molecule has 0 unspecified atom stereocenters. The monoisotopic (exact) mass is 430 g/mol. The molecule has 0 amide bonds. The molecule has 0 aliphatic heterocycles. The van der Waals surface area contributed by atoms with Gasteiger partial charge >= 0.3 is 5.97 Å². The number of carbonyl (C=O) groups excluding carboxylic acids is 1. The predicted molar refractivity (Wildman–Crippen MR) is 129 cm³/mol. The first kappa shape index (κ1) is 23.1. The van der Waals surface area contributed by atoms with Gasteiger partial charge in [0.25, 0.3) is 0 Å². The highest BCUT2D eigenvalue weighted by molar-refractivity contribution is 5.79. The molecular formula is C28H30O4. The molecular weight excluding hydrogens is 400 g/mol. The Morgan fingerprint density at radius 3 is 2.09 bits per heavy atom. The largest absolute Gasteiger partial charge is 0.490 e. The summed E-state index contributed by atoms with van der Waals surface area (Å²) in [4.78, 5) is 12.2. The van der Waals surface area contributed by atoms with E-state index >= 15 is 0 Å². The second-order valence-corrected chi connectivity index (χ2v) is 7.58. The van der Waals surface area contributed by atoms with Crippen molar-refractivity contribution in [3.05, 3.63) is 90.5 Å². The number of rotatable bonds is 10. The average molecular weight is 431 g/mol. The van der Waals surface area contributed by atoms with E-state index in [1.165, 1.54) is 11.1 Å². The summed E-state index contributed by atoms with van der Waals surface area (Å²) in [6, 6.07) is 26.0. The highest BCUT2D eigenvalue weighted by atomic mass is 16.6. The molecule has 3 aromatic carbocycles. The predicted octanol–water partition coefficient (Wildman–Crippen LogP) is 6.56. The molecule has 0 spiro atoms. The molecule has 0 aliphatic rings. The van der Waals surface area contributed by atoms with Crippen molar-refractivity contribution in [3.8, 4) is 22.6 Å². The van der Waals surface area contributed by atoms with E-state index in [2.05, 4.69) is 36.4 Å². The number of carbonyl (C=O) groups is 1. The molecule has 0 N–H and O–H groups in total. The summed E-state index contributed by atoms with van der Waals surface area (Å²) in [7, 11) is 0. The Labute approximate surface area is 190 Å². The molecule has 4 heteroatoms. The van der Waals surface area contributed by atoms with E-state index in [-0.39, 0.29) is 5.97 Å². The Hall–Kier alpha value is -3.53. The molecule has 0 radical (unpaired) electrons. The zero-order valence-corrected chi connectivity index (χ0v) is 18.9. The van der Waals surface area contributed by atoms with Crippen LogP contribution in [0.1, 0.15) is 32.8 Å². The number of esters is 1. The maximum atomic E-state index is 12.2. The normalized spacial score (nSPS) is 12.8. The van der Waals surface area contributed by atoms with Crippen molar-refractivity contribution in [1.82, 2.24) is 0 Å². The molecule has 0 saturated heterocycles. The summed E-state index contributed by atoms with van der Waals surface area (Å²) in [5.41, 5.74) is 2.52. The lowest BCUT2D eigenvalue weighted by molar-refractivity contribution is -0.160. The number of hydrogen-bond acceptors (Lipinski definition) is 4. The molecule has 0 heterocycles. The quantitative estimate of drug-likeness (QED) is 0.342. The van der Waals surface area contributed by atoms with Gasteiger partial charge in [0, 0.05) is 0 Å². The molecule has 4 nitrogen and oxygen atoms in total. The average Bonchev–Trinajstić information content (AvgIpc) is 2.84. The summed E-state index contributed by atoms with van der Waals surface area (Å²) >= 11 is 0. The van der Waals surface area contributed by atoms with Gasteiger partial charge in [-0.1, -0.05) is 67.6 Å². The van der Waals surface area contributed by atoms with Gasteiger partial charge in [-0.25, -0.2) is 4.79 Å². The van der Waals surface area contributed by atoms with Crippen LogP contribution < -0.4 is 9.47 Å². The van der Waals surface area contributed by atoms with Crippen LogP contribution in [0.3, 0.4) is 0 Å². The van der Waals surface area contributed by atoms with Gasteiger partial charge in [-0.15, -0.1) is 0 Å². The summed E-state index contributed by atoms with van der Waals surface area (Å²) in [5.74, 6) is 0.976. The van der Waals surface area contributed by atoms with Crippen LogP contribution in [-0.4, -0.2) is 24.8 Å². The van der Waals surface area contributed by atoms with Crippen LogP contribution in [-0.2, 0) is 9.53 Å². The minimum absolute atomic E-state index is 0.329. The molecule has 3 rings (SSSR count). The van der Waals surface area contributed by atoms with Crippen LogP contribution in [0.5, 0.6) is 11.5 Å². The van der Waals surface area contributed by atoms with Gasteiger partial charge in [0.05, 0.1) is 6.61 Å². The second kappa shape index (κ2) is 11.2. The SMILES string of the molecule is CCOC(=O)[C@@](C)(CC)Oc1ccc(OC/C=C/c2ccc(-c3ccccc3)cc2)cc1. The van der Waals surface area contributed by atoms with Crippen molar-refractivity contribution in [2.24, 2.45) is 0 Å². The molecule has 32 heavy (non-hydrogen) atoms. The Balaban J connectivity index is 1.51. The second-order valence-electron chi connectivity index (χ2n) is 7.58. The summed E-state index contributed by atoms with van der Waals surface area (Å²) in [6.45, 7) is 6.21. The molecule has 0 fully saturated rings. The van der Waals surface area contributed by atoms with Crippen LogP contribution in [0.15, 0.2) is 84.9 Å². The van der Waals surface area contributed by atoms with Crippen molar-refractivity contribution in [2.75, 3.05) is 13.2 Å². The Morgan fingerprint density at radius 1 is 0.844 bits per heavy atom. The maximum absolute atomic E-state index is 12.2. The van der Waals surface area contributed by atoms with E-state index in [1.54, 1.807) is 26.0 Å². The van der Waals surface area contributed by atoms with Crippen LogP contribution in [0.25, 0.3) is 17.2 Å². The minimum Gasteiger partial charge on any atom is -0.490 e. The van der Waals surface area contributed by atoms with E-state index in [9.17, 15) is 4.79 Å². The van der Waals surface area contributed by atoms with Gasteiger partial charge in [0.2, 0.25) is 5.60 Å². The topological polar surface area (TPSA) is 44.8 Å². The van der Waals surface area contributed by atoms with Crippen molar-refractivity contribution < 1.29 is 19.0 Å². The third-order valence-corrected chi connectivity index (χ3v) is 5.22. The number of benzene rings is 3. The Kier molecular flexibility index (Phi) is 8.09. The van der Waals surface area contributed by atoms with Crippen molar-refractivity contribution in [3.63, 3.8) is 0 Å². The molecule has 0 bridgehead atoms. The zero-order valence-electron chi connectivity index (χ0n) is 18.9. The summed E-state index contributed by atoms with van der Waals surface area (Å²) in [6.07, 6.45) is 4.54. The zero-order chi connectivity index (χ0) is 22.8. The third-order valence-electron chi connectivity index (χ3n) is 5.22. The van der Waals surface area contributed by atoms with Crippen LogP contribution in [0, 0.1) is 0 Å². The highest BCUT2D eigenvalue weighted by Crippen LogP contribution is 2.25. The molecule has 3 aromatic rings. The Bertz CT molecular complexity index is 1010. The van der Waals surface area contributed by atoms with Crippen molar-refractivity contribution in [2.45, 2.75) is 32.8 Å². The smallest absolute Gasteiger partial charge is 0.350 e. The van der Waals surface area contributed by atoms with E-state index in [0.29, 0.717) is 25.4 Å². The maximum Gasteiger partial charge on any atom is 0.350 e. The van der Waals surface area contributed by atoms with Gasteiger partial charge in [0.15, 0.2) is 0 Å². The molecule has 0 aromatic heterocycles. The third kappa shape index (κ3) is 6.24. The van der Waals surface area contributed by atoms with Gasteiger partial charge in [-0.2, -0.15) is 0 Å². The van der Waals surface area contributed by atoms with Crippen molar-refractivity contribution >= 4 is 12.0 Å².